The molecule has 11 nitrogen and oxygen atoms in total. The molecular formula is C25H31N3O8. The summed E-state index contributed by atoms with van der Waals surface area (Å²) >= 11 is 0. The number of nitrogens with one attached hydrogen (secondary N) is 2. The summed E-state index contributed by atoms with van der Waals surface area (Å²) in [5.74, 6) is -1.65. The molecule has 0 saturated carbocycles. The maximum Gasteiger partial charge on any atom is 0.344 e. The van der Waals surface area contributed by atoms with Crippen molar-refractivity contribution < 1.29 is 38.1 Å². The molecule has 0 spiro atoms. The van der Waals surface area contributed by atoms with Gasteiger partial charge in [-0.2, -0.15) is 0 Å². The van der Waals surface area contributed by atoms with Crippen LogP contribution in [0.25, 0.3) is 0 Å². The number of carbonyl (C=O) groups is 3. The Morgan fingerprint density at radius 3 is 2.06 bits per heavy atom. The predicted molar refractivity (Wildman–Crippen MR) is 132 cm³/mol. The molecule has 0 aliphatic rings. The zero-order valence-electron chi connectivity index (χ0n) is 20.7. The van der Waals surface area contributed by atoms with Gasteiger partial charge in [0.2, 0.25) is 0 Å². The Morgan fingerprint density at radius 1 is 0.917 bits per heavy atom. The van der Waals surface area contributed by atoms with E-state index in [4.69, 9.17) is 34.8 Å². The van der Waals surface area contributed by atoms with E-state index in [1.165, 1.54) is 12.1 Å². The van der Waals surface area contributed by atoms with Crippen molar-refractivity contribution in [2.24, 2.45) is 5.73 Å². The number of esters is 3. The molecule has 11 heteroatoms. The van der Waals surface area contributed by atoms with Gasteiger partial charge in [0, 0.05) is 29.8 Å². The van der Waals surface area contributed by atoms with Gasteiger partial charge in [0.1, 0.15) is 11.6 Å². The smallest absolute Gasteiger partial charge is 0.344 e. The average Bonchev–Trinajstić information content (AvgIpc) is 2.82. The predicted octanol–water partition coefficient (Wildman–Crippen LogP) is 2.95. The van der Waals surface area contributed by atoms with Gasteiger partial charge in [-0.25, -0.2) is 9.59 Å². The average molecular weight is 502 g/mol. The standard InChI is InChI=1S/C25H31N3O8/c1-5-32-20-12-18(19(13-21(20)33-6-2)35-14-22(30)34-7-3)23(25(31)36-15(4)29)28-17-10-8-16(9-11-17)24(26)27/h8-13,23,28H,5-7,14H2,1-4H3,(H3,26,27). The van der Waals surface area contributed by atoms with E-state index in [-0.39, 0.29) is 23.8 Å². The molecule has 0 aromatic heterocycles. The SMILES string of the molecule is CCOC(=O)COc1cc(OCC)c(OCC)cc1C(Nc1ccc(C(=N)N)cc1)C(=O)OC(C)=O. The molecule has 0 fully saturated rings. The van der Waals surface area contributed by atoms with E-state index in [2.05, 4.69) is 5.32 Å². The second kappa shape index (κ2) is 13.6. The second-order valence-corrected chi connectivity index (χ2v) is 7.28. The number of nitrogen functional groups attached to an aromatic ring is 1. The highest BCUT2D eigenvalue weighted by molar-refractivity contribution is 5.95. The molecule has 0 radical (unpaired) electrons. The van der Waals surface area contributed by atoms with Gasteiger partial charge < -0.3 is 34.7 Å². The third-order valence-electron chi connectivity index (χ3n) is 4.62. The minimum Gasteiger partial charge on any atom is -0.490 e. The van der Waals surface area contributed by atoms with Gasteiger partial charge in [0.15, 0.2) is 24.1 Å². The lowest BCUT2D eigenvalue weighted by Gasteiger charge is -2.23. The molecule has 1 unspecified atom stereocenters. The molecule has 0 bridgehead atoms. The number of carbonyl (C=O) groups excluding carboxylic acids is 3. The Balaban J connectivity index is 2.59. The van der Waals surface area contributed by atoms with Crippen LogP contribution in [-0.4, -0.2) is 50.2 Å². The first-order valence-corrected chi connectivity index (χ1v) is 11.3. The van der Waals surface area contributed by atoms with Gasteiger partial charge in [-0.15, -0.1) is 0 Å². The van der Waals surface area contributed by atoms with Crippen LogP contribution in [0.1, 0.15) is 44.9 Å². The summed E-state index contributed by atoms with van der Waals surface area (Å²) in [6, 6.07) is 8.20. The molecule has 0 amide bonds. The number of anilines is 1. The van der Waals surface area contributed by atoms with Crippen molar-refractivity contribution in [3.05, 3.63) is 47.5 Å². The zero-order chi connectivity index (χ0) is 26.7. The Bertz CT molecular complexity index is 1090. The highest BCUT2D eigenvalue weighted by atomic mass is 16.6. The molecule has 36 heavy (non-hydrogen) atoms. The van der Waals surface area contributed by atoms with E-state index in [1.807, 2.05) is 0 Å². The lowest BCUT2D eigenvalue weighted by atomic mass is 10.0. The van der Waals surface area contributed by atoms with Crippen molar-refractivity contribution in [2.45, 2.75) is 33.7 Å². The quantitative estimate of drug-likeness (QED) is 0.161. The Kier molecular flexibility index (Phi) is 10.5. The van der Waals surface area contributed by atoms with Crippen molar-refractivity contribution >= 4 is 29.4 Å². The minimum absolute atomic E-state index is 0.114. The van der Waals surface area contributed by atoms with Crippen LogP contribution < -0.4 is 25.3 Å². The van der Waals surface area contributed by atoms with Crippen molar-refractivity contribution in [1.29, 1.82) is 5.41 Å². The minimum atomic E-state index is -1.25. The molecule has 0 heterocycles. The van der Waals surface area contributed by atoms with E-state index in [1.54, 1.807) is 45.0 Å². The fraction of sp³-hybridized carbons (Fsp3) is 0.360. The maximum absolute atomic E-state index is 13.0. The van der Waals surface area contributed by atoms with E-state index in [0.717, 1.165) is 6.92 Å². The number of benzene rings is 2. The van der Waals surface area contributed by atoms with Crippen molar-refractivity contribution in [3.63, 3.8) is 0 Å². The largest absolute Gasteiger partial charge is 0.490 e. The summed E-state index contributed by atoms with van der Waals surface area (Å²) in [4.78, 5) is 36.6. The summed E-state index contributed by atoms with van der Waals surface area (Å²) < 4.78 is 26.9. The Hall–Kier alpha value is -4.28. The first kappa shape index (κ1) is 28.0. The monoisotopic (exact) mass is 501 g/mol. The number of amidine groups is 1. The summed E-state index contributed by atoms with van der Waals surface area (Å²) in [6.45, 7) is 6.74. The molecule has 0 aliphatic heterocycles. The topological polar surface area (TPSA) is 159 Å². The summed E-state index contributed by atoms with van der Waals surface area (Å²) in [7, 11) is 0. The lowest BCUT2D eigenvalue weighted by molar-refractivity contribution is -0.158. The van der Waals surface area contributed by atoms with Gasteiger partial charge in [-0.05, 0) is 51.1 Å². The molecular weight excluding hydrogens is 470 g/mol. The number of nitrogens with two attached hydrogens (primary N) is 1. The van der Waals surface area contributed by atoms with Gasteiger partial charge in [-0.3, -0.25) is 10.2 Å². The van der Waals surface area contributed by atoms with Crippen LogP contribution in [0.3, 0.4) is 0 Å². The normalized spacial score (nSPS) is 11.1. The number of hydrogen-bond acceptors (Lipinski definition) is 10. The molecule has 2 aromatic rings. The first-order chi connectivity index (χ1) is 17.2. The first-order valence-electron chi connectivity index (χ1n) is 11.3. The summed E-state index contributed by atoms with van der Waals surface area (Å²) in [6.07, 6.45) is 0. The van der Waals surface area contributed by atoms with Gasteiger partial charge in [0.05, 0.1) is 19.8 Å². The maximum atomic E-state index is 13.0. The molecule has 0 aliphatic carbocycles. The van der Waals surface area contributed by atoms with Crippen molar-refractivity contribution in [3.8, 4) is 17.2 Å². The lowest BCUT2D eigenvalue weighted by Crippen LogP contribution is -2.26. The van der Waals surface area contributed by atoms with E-state index < -0.39 is 30.6 Å². The molecule has 2 aromatic carbocycles. The molecule has 0 saturated heterocycles. The summed E-state index contributed by atoms with van der Waals surface area (Å²) in [5, 5.41) is 10.6. The van der Waals surface area contributed by atoms with Crippen LogP contribution in [0, 0.1) is 5.41 Å². The number of rotatable bonds is 13. The second-order valence-electron chi connectivity index (χ2n) is 7.28. The number of hydrogen-bond donors (Lipinski definition) is 3. The van der Waals surface area contributed by atoms with Crippen LogP contribution in [0.15, 0.2) is 36.4 Å². The van der Waals surface area contributed by atoms with Crippen LogP contribution in [0.4, 0.5) is 5.69 Å². The van der Waals surface area contributed by atoms with Gasteiger partial charge in [-0.1, -0.05) is 0 Å². The molecule has 4 N–H and O–H groups in total. The van der Waals surface area contributed by atoms with Crippen molar-refractivity contribution in [1.82, 2.24) is 0 Å². The highest BCUT2D eigenvalue weighted by Crippen LogP contribution is 2.39. The van der Waals surface area contributed by atoms with Crippen LogP contribution >= 0.6 is 0 Å². The highest BCUT2D eigenvalue weighted by Gasteiger charge is 2.29. The Morgan fingerprint density at radius 2 is 1.53 bits per heavy atom. The van der Waals surface area contributed by atoms with E-state index >= 15 is 0 Å². The third kappa shape index (κ3) is 7.90. The van der Waals surface area contributed by atoms with E-state index in [9.17, 15) is 14.4 Å². The third-order valence-corrected chi connectivity index (χ3v) is 4.62. The van der Waals surface area contributed by atoms with E-state index in [0.29, 0.717) is 36.0 Å². The fourth-order valence-electron chi connectivity index (χ4n) is 3.16. The molecule has 1 atom stereocenters. The van der Waals surface area contributed by atoms with Crippen LogP contribution in [0.2, 0.25) is 0 Å². The van der Waals surface area contributed by atoms with Crippen molar-refractivity contribution in [2.75, 3.05) is 31.7 Å². The van der Waals surface area contributed by atoms with Gasteiger partial charge >= 0.3 is 17.9 Å². The molecule has 194 valence electrons. The number of ether oxygens (including phenoxy) is 5. The summed E-state index contributed by atoms with van der Waals surface area (Å²) in [5.41, 5.74) is 6.70. The zero-order valence-corrected chi connectivity index (χ0v) is 20.7. The Labute approximate surface area is 209 Å². The van der Waals surface area contributed by atoms with Crippen LogP contribution in [-0.2, 0) is 23.9 Å². The molecule has 2 rings (SSSR count). The van der Waals surface area contributed by atoms with Gasteiger partial charge in [0.25, 0.3) is 0 Å². The van der Waals surface area contributed by atoms with Crippen LogP contribution in [0.5, 0.6) is 17.2 Å². The fourth-order valence-corrected chi connectivity index (χ4v) is 3.16.